The molecule has 23 nitrogen and oxygen atoms in total. The van der Waals surface area contributed by atoms with E-state index in [1.165, 1.54) is 47.5 Å². The van der Waals surface area contributed by atoms with Crippen LogP contribution in [0.5, 0.6) is 0 Å². The summed E-state index contributed by atoms with van der Waals surface area (Å²) in [6, 6.07) is -2.47. The Balaban J connectivity index is -0.000000205. The van der Waals surface area contributed by atoms with Crippen molar-refractivity contribution in [2.24, 2.45) is 0 Å². The van der Waals surface area contributed by atoms with Gasteiger partial charge >= 0.3 is 23.9 Å². The Bertz CT molecular complexity index is 1860. The molecule has 0 saturated carbocycles. The first-order valence-corrected chi connectivity index (χ1v) is 20.3. The van der Waals surface area contributed by atoms with Crippen molar-refractivity contribution in [2.45, 2.75) is 79.3 Å². The number of carbonyl (C=O) groups excluding carboxylic acids is 1. The van der Waals surface area contributed by atoms with Crippen molar-refractivity contribution in [3.63, 3.8) is 0 Å². The minimum atomic E-state index is -0.902. The predicted octanol–water partition coefficient (Wildman–Crippen LogP) is 2.29. The fourth-order valence-corrected chi connectivity index (χ4v) is 7.77. The Kier molecular flexibility index (Phi) is 40.9. The van der Waals surface area contributed by atoms with Gasteiger partial charge in [0.25, 0.3) is 0 Å². The first-order valence-electron chi connectivity index (χ1n) is 17.4. The van der Waals surface area contributed by atoms with Crippen LogP contribution in [-0.4, -0.2) is 200 Å². The van der Waals surface area contributed by atoms with E-state index in [-0.39, 0.29) is 79.5 Å². The zero-order valence-electron chi connectivity index (χ0n) is 36.3. The van der Waals surface area contributed by atoms with Gasteiger partial charge in [-0.05, 0) is 89.7 Å². The van der Waals surface area contributed by atoms with Crippen molar-refractivity contribution < 1.29 is 55.4 Å². The zero-order chi connectivity index (χ0) is 43.7. The van der Waals surface area contributed by atoms with Crippen LogP contribution in [0.1, 0.15) is 37.1 Å². The number of aromatic nitrogens is 8. The Morgan fingerprint density at radius 2 is 0.815 bits per heavy atom. The van der Waals surface area contributed by atoms with Crippen LogP contribution in [0.25, 0.3) is 0 Å². The number of nitrogens with one attached hydrogen (secondary N) is 4. The summed E-state index contributed by atoms with van der Waals surface area (Å²) in [5, 5.41) is 38.5. The van der Waals surface area contributed by atoms with Gasteiger partial charge in [-0.25, -0.2) is 19.9 Å². The van der Waals surface area contributed by atoms with E-state index in [4.69, 9.17) is 10.2 Å². The van der Waals surface area contributed by atoms with Crippen LogP contribution in [0.3, 0.4) is 0 Å². The molecular formula is C35H64Cl4N12O11S3. The first kappa shape index (κ1) is 72.9. The molecule has 0 saturated heterocycles. The summed E-state index contributed by atoms with van der Waals surface area (Å²) in [4.78, 5) is 90.4. The second-order valence-electron chi connectivity index (χ2n) is 13.5. The average molecular weight is 1070 g/mol. The van der Waals surface area contributed by atoms with Crippen LogP contribution in [-0.2, 0) is 49.7 Å². The van der Waals surface area contributed by atoms with Gasteiger partial charge in [0.2, 0.25) is 0 Å². The van der Waals surface area contributed by atoms with Gasteiger partial charge in [0.05, 0.1) is 42.4 Å². The summed E-state index contributed by atoms with van der Waals surface area (Å²) in [7, 11) is 16.5. The van der Waals surface area contributed by atoms with Gasteiger partial charge < -0.3 is 51.3 Å². The molecular weight excluding hydrogens is 1000 g/mol. The van der Waals surface area contributed by atoms with Gasteiger partial charge in [0, 0.05) is 44.5 Å². The molecule has 65 heavy (non-hydrogen) atoms. The van der Waals surface area contributed by atoms with Crippen molar-refractivity contribution in [1.29, 1.82) is 0 Å². The first-order chi connectivity index (χ1) is 27.2. The number of aliphatic carboxylic acids is 4. The van der Waals surface area contributed by atoms with Crippen molar-refractivity contribution in [1.82, 2.24) is 59.5 Å². The summed E-state index contributed by atoms with van der Waals surface area (Å²) in [5.74, 6) is -3.52. The molecule has 0 aromatic carbocycles. The topological polar surface area (TPSA) is 357 Å². The second-order valence-corrected chi connectivity index (χ2v) is 16.8. The Labute approximate surface area is 414 Å². The van der Waals surface area contributed by atoms with E-state index >= 15 is 0 Å². The van der Waals surface area contributed by atoms with Gasteiger partial charge in [0.1, 0.15) is 39.2 Å². The lowest BCUT2D eigenvalue weighted by Gasteiger charge is -2.19. The van der Waals surface area contributed by atoms with E-state index in [0.29, 0.717) is 40.0 Å². The highest BCUT2D eigenvalue weighted by Gasteiger charge is 2.26. The van der Waals surface area contributed by atoms with E-state index in [1.807, 2.05) is 0 Å². The van der Waals surface area contributed by atoms with Crippen molar-refractivity contribution in [2.75, 3.05) is 56.4 Å². The highest BCUT2D eigenvalue weighted by atomic mass is 35.5. The van der Waals surface area contributed by atoms with Gasteiger partial charge in [-0.2, -0.15) is 0 Å². The smallest absolute Gasteiger partial charge is 0.321 e. The molecule has 0 aliphatic heterocycles. The largest absolute Gasteiger partial charge is 0.480 e. The number of likely N-dealkylation sites (N-methyl/N-ethyl adjacent to an activating group) is 4. The number of carbonyl (C=O) groups is 5. The van der Waals surface area contributed by atoms with Crippen LogP contribution in [0.15, 0.2) is 46.6 Å². The molecule has 0 fully saturated rings. The molecule has 0 spiro atoms. The maximum atomic E-state index is 11.4. The maximum Gasteiger partial charge on any atom is 0.321 e. The molecule has 4 aromatic heterocycles. The number of imidazole rings is 4. The number of carboxylic acids is 4. The Morgan fingerprint density at radius 1 is 0.523 bits per heavy atom. The Morgan fingerprint density at radius 3 is 1.08 bits per heavy atom. The number of thioether (sulfide) groups is 1. The molecule has 0 aliphatic carbocycles. The van der Waals surface area contributed by atoms with Crippen molar-refractivity contribution in [3.8, 4) is 0 Å². The van der Waals surface area contributed by atoms with E-state index in [2.05, 4.69) is 39.9 Å². The van der Waals surface area contributed by atoms with Crippen LogP contribution in [0, 0.1) is 0 Å². The average Bonchev–Trinajstić information content (AvgIpc) is 3.95. The van der Waals surface area contributed by atoms with Crippen molar-refractivity contribution >= 4 is 112 Å². The minimum absolute atomic E-state index is 0. The molecule has 4 heterocycles. The van der Waals surface area contributed by atoms with E-state index in [0.717, 1.165) is 28.8 Å². The van der Waals surface area contributed by atoms with Gasteiger partial charge in [-0.3, -0.25) is 43.6 Å². The number of nitrogens with zero attached hydrogens (tertiary/aromatic N) is 8. The molecule has 0 bridgehead atoms. The third-order valence-electron chi connectivity index (χ3n) is 8.27. The van der Waals surface area contributed by atoms with Crippen LogP contribution in [0.4, 0.5) is 0 Å². The Hall–Kier alpha value is -3.64. The van der Waals surface area contributed by atoms with E-state index < -0.39 is 48.0 Å². The molecule has 376 valence electrons. The summed E-state index contributed by atoms with van der Waals surface area (Å²) in [6.45, 7) is 1.45. The number of hydrogen-bond acceptors (Lipinski definition) is 16. The summed E-state index contributed by atoms with van der Waals surface area (Å²) >= 11 is 1.00. The van der Waals surface area contributed by atoms with Crippen LogP contribution < -0.4 is 0 Å². The lowest BCUT2D eigenvalue weighted by molar-refractivity contribution is -0.143. The van der Waals surface area contributed by atoms with Gasteiger partial charge in [0.15, 0.2) is 5.12 Å². The number of aromatic amines is 4. The maximum absolute atomic E-state index is 11.4. The molecule has 0 unspecified atom stereocenters. The summed E-state index contributed by atoms with van der Waals surface area (Å²) in [6.07, 6.45) is 9.04. The molecule has 4 atom stereocenters. The number of halogens is 4. The third-order valence-corrected chi connectivity index (χ3v) is 11.4. The van der Waals surface area contributed by atoms with Gasteiger partial charge in [-0.15, -0.1) is 49.6 Å². The summed E-state index contributed by atoms with van der Waals surface area (Å²) in [5.41, 5.74) is 2.96. The van der Waals surface area contributed by atoms with Gasteiger partial charge in [-0.1, -0.05) is 7.43 Å². The molecule has 30 heteroatoms. The SMILES string of the molecule is C.CC(=O)Sc1nc[nH]c1C[C@@H](C(=O)O)N(C)C.CN(C)[C@@H](Cc1[nH]cnc1SSc1nc[nH]c1C[C@@H](C(=O)O)N(C)C)C(=O)O.CN(C)[C@@H](Cc1cnc[nH]1)C(=O)O.Cl.Cl.Cl.Cl.O.O. The highest BCUT2D eigenvalue weighted by molar-refractivity contribution is 8.76. The van der Waals surface area contributed by atoms with Crippen LogP contribution >= 0.6 is 83.0 Å². The molecule has 4 aromatic rings. The van der Waals surface area contributed by atoms with E-state index in [9.17, 15) is 34.2 Å². The number of H-pyrrole nitrogens is 4. The lowest BCUT2D eigenvalue weighted by Crippen LogP contribution is -2.37. The third kappa shape index (κ3) is 25.2. The zero-order valence-corrected chi connectivity index (χ0v) is 42.0. The monoisotopic (exact) mass is 1060 g/mol. The van der Waals surface area contributed by atoms with Crippen LogP contribution in [0.2, 0.25) is 0 Å². The second kappa shape index (κ2) is 36.5. The molecule has 0 aliphatic rings. The highest BCUT2D eigenvalue weighted by Crippen LogP contribution is 2.38. The lowest BCUT2D eigenvalue weighted by atomic mass is 10.1. The fraction of sp³-hybridized carbons (Fsp3) is 0.514. The molecule has 4 rings (SSSR count). The molecule has 0 radical (unpaired) electrons. The number of rotatable bonds is 20. The number of hydrogen-bond donors (Lipinski definition) is 8. The van der Waals surface area contributed by atoms with Crippen molar-refractivity contribution in [3.05, 3.63) is 54.3 Å². The predicted molar refractivity (Wildman–Crippen MR) is 261 cm³/mol. The number of carboxylic acid groups (broad SMARTS) is 4. The molecule has 0 amide bonds. The fourth-order valence-electron chi connectivity index (χ4n) is 4.96. The van der Waals surface area contributed by atoms with E-state index in [1.54, 1.807) is 88.5 Å². The molecule has 12 N–H and O–H groups in total. The minimum Gasteiger partial charge on any atom is -0.480 e. The normalized spacial score (nSPS) is 11.9. The quantitative estimate of drug-likeness (QED) is 0.0465. The summed E-state index contributed by atoms with van der Waals surface area (Å²) < 4.78 is 0. The standard InChI is InChI=1S/C16H24N6O4S2.C10H15N3O3S.C8H13N3O2.CH4.4ClH.2H2O/c1-21(2)11(15(23)24)5-9-13(19-7-17-9)27-28-14-10(18-8-20-14)6-12(16(25)26)22(3)4;1-6(14)17-9-7(11-5-12-9)4-8(10(15)16)13(2)3;1-11(2)7(8(12)13)3-6-4-9-5-10-6;;;;;;;/h7-8,11-12H,5-6H2,1-4H3,(H,17,19)(H,18,20)(H,23,24)(H,25,26);5,8H,4H2,1-3H3,(H,11,12)(H,15,16);4-5,7H,3H2,1-2H3,(H,9,10)(H,12,13);1H4;4*1H;2*1H2/t11-,12-;8-;7-;;;;;;;/m000......./s1.